The fraction of sp³-hybridized carbons (Fsp3) is 0.609. The first kappa shape index (κ1) is 42.8. The first-order valence-corrected chi connectivity index (χ1v) is 21.5. The molecule has 1 saturated carbocycles. The normalized spacial score (nSPS) is 26.0. The van der Waals surface area contributed by atoms with E-state index in [2.05, 4.69) is 23.6 Å². The fourth-order valence-corrected chi connectivity index (χ4v) is 9.26. The Morgan fingerprint density at radius 1 is 1.03 bits per heavy atom. The molecule has 0 radical (unpaired) electrons. The smallest absolute Gasteiger partial charge is 0.410 e. The van der Waals surface area contributed by atoms with Crippen molar-refractivity contribution >= 4 is 11.8 Å². The van der Waals surface area contributed by atoms with Crippen molar-refractivity contribution in [2.75, 3.05) is 59.5 Å². The van der Waals surface area contributed by atoms with Gasteiger partial charge in [-0.3, -0.25) is 9.80 Å². The number of fused-ring (bicyclic) bond motifs is 3. The summed E-state index contributed by atoms with van der Waals surface area (Å²) in [4.78, 5) is 24.8. The Bertz CT molecular complexity index is 1840. The van der Waals surface area contributed by atoms with Gasteiger partial charge in [-0.15, -0.1) is 6.58 Å². The second-order valence-corrected chi connectivity index (χ2v) is 17.2. The molecule has 2 aliphatic carbocycles. The van der Waals surface area contributed by atoms with Gasteiger partial charge in [-0.05, 0) is 107 Å². The van der Waals surface area contributed by atoms with Crippen molar-refractivity contribution in [3.8, 4) is 23.0 Å². The van der Waals surface area contributed by atoms with Gasteiger partial charge in [-0.2, -0.15) is 0 Å². The van der Waals surface area contributed by atoms with Gasteiger partial charge in [0.2, 0.25) is 12.6 Å². The van der Waals surface area contributed by atoms with Gasteiger partial charge in [0.1, 0.15) is 29.7 Å². The van der Waals surface area contributed by atoms with Crippen molar-refractivity contribution in [3.05, 3.63) is 71.8 Å². The molecular weight excluding hydrogens is 755 g/mol. The number of unbranched alkanes of at least 4 members (excludes halogenated alkanes) is 2. The van der Waals surface area contributed by atoms with Crippen molar-refractivity contribution in [1.29, 1.82) is 0 Å². The predicted octanol–water partition coefficient (Wildman–Crippen LogP) is 7.20. The van der Waals surface area contributed by atoms with Crippen LogP contribution in [0.25, 0.3) is 0 Å². The number of aliphatic hydroxyl groups excluding tert-OH is 2. The molecule has 13 nitrogen and oxygen atoms in total. The highest BCUT2D eigenvalue weighted by Gasteiger charge is 2.65. The lowest BCUT2D eigenvalue weighted by atomic mass is 9.55. The Morgan fingerprint density at radius 3 is 2.53 bits per heavy atom. The maximum absolute atomic E-state index is 14.5. The SMILES string of the molecule is C=CCOC12Oc3ccc(OCCN4CC4)cc3C3C(CCCCO)C(CCCCO)C=C(C(=NOC(C)(C)C)CC1N(Cc1ccc4c(c1)OCO4)C(=O)OCC)C32. The molecule has 1 saturated heterocycles. The maximum atomic E-state index is 14.5. The minimum atomic E-state index is -1.42. The molecule has 1 amide bonds. The lowest BCUT2D eigenvalue weighted by Crippen LogP contribution is -2.70. The van der Waals surface area contributed by atoms with Crippen LogP contribution in [0, 0.1) is 17.8 Å². The molecule has 6 unspecified atom stereocenters. The van der Waals surface area contributed by atoms with E-state index in [1.807, 2.05) is 51.1 Å². The van der Waals surface area contributed by atoms with Gasteiger partial charge in [0.15, 0.2) is 11.5 Å². The van der Waals surface area contributed by atoms with Crippen molar-refractivity contribution < 1.29 is 48.3 Å². The number of benzene rings is 2. The number of hydrogen-bond acceptors (Lipinski definition) is 12. The Morgan fingerprint density at radius 2 is 1.80 bits per heavy atom. The molecule has 59 heavy (non-hydrogen) atoms. The van der Waals surface area contributed by atoms with Crippen LogP contribution >= 0.6 is 0 Å². The van der Waals surface area contributed by atoms with Gasteiger partial charge < -0.3 is 43.5 Å². The largest absolute Gasteiger partial charge is 0.492 e. The molecule has 2 N–H and O–H groups in total. The molecule has 2 fully saturated rings. The topological polar surface area (TPSA) is 141 Å². The van der Waals surface area contributed by atoms with E-state index in [0.29, 0.717) is 36.7 Å². The lowest BCUT2D eigenvalue weighted by Gasteiger charge is -2.60. The minimum Gasteiger partial charge on any atom is -0.492 e. The molecule has 7 rings (SSSR count). The summed E-state index contributed by atoms with van der Waals surface area (Å²) in [6.45, 7) is 16.2. The first-order chi connectivity index (χ1) is 28.6. The van der Waals surface area contributed by atoms with E-state index >= 15 is 0 Å². The second-order valence-electron chi connectivity index (χ2n) is 17.2. The van der Waals surface area contributed by atoms with E-state index in [9.17, 15) is 15.0 Å². The van der Waals surface area contributed by atoms with E-state index < -0.39 is 29.4 Å². The molecule has 0 bridgehead atoms. The summed E-state index contributed by atoms with van der Waals surface area (Å²) >= 11 is 0. The molecule has 2 aromatic carbocycles. The van der Waals surface area contributed by atoms with Gasteiger partial charge in [0.25, 0.3) is 0 Å². The highest BCUT2D eigenvalue weighted by molar-refractivity contribution is 6.03. The van der Waals surface area contributed by atoms with Crippen LogP contribution in [0.3, 0.4) is 0 Å². The number of carbonyl (C=O) groups is 1. The summed E-state index contributed by atoms with van der Waals surface area (Å²) in [6.07, 6.45) is 8.53. The van der Waals surface area contributed by atoms with Crippen LogP contribution in [0.1, 0.15) is 89.7 Å². The Labute approximate surface area is 348 Å². The zero-order valence-corrected chi connectivity index (χ0v) is 35.2. The Hall–Kier alpha value is -4.30. The van der Waals surface area contributed by atoms with Crippen LogP contribution < -0.4 is 18.9 Å². The molecule has 6 atom stereocenters. The third-order valence-electron chi connectivity index (χ3n) is 12.0. The fourth-order valence-electron chi connectivity index (χ4n) is 9.26. The van der Waals surface area contributed by atoms with Crippen LogP contribution in [-0.4, -0.2) is 109 Å². The van der Waals surface area contributed by atoms with Crippen molar-refractivity contribution in [1.82, 2.24) is 9.80 Å². The number of oxime groups is 1. The molecule has 13 heteroatoms. The maximum Gasteiger partial charge on any atom is 0.410 e. The monoisotopic (exact) mass is 817 g/mol. The van der Waals surface area contributed by atoms with Gasteiger partial charge in [0, 0.05) is 57.3 Å². The molecule has 3 heterocycles. The third-order valence-corrected chi connectivity index (χ3v) is 12.0. The standard InChI is InChI=1S/C46H63N3O10/c1-6-23-57-46-41(49(44(52)53-7-2)29-31-14-16-39-40(25-31)56-30-55-39)28-37(47-59-45(3,4)5)35-26-32(12-8-10-21-50)34(13-9-11-22-51)42(43(35)46)36-27-33(15-17-38(36)58-46)54-24-20-48-18-19-48/h6,14-17,25-27,32,34,41-43,50-51H,1,7-13,18-24,28-30H2,2-5H3. The number of nitrogens with zero attached hydrogens (tertiary/aromatic N) is 3. The van der Waals surface area contributed by atoms with E-state index in [0.717, 1.165) is 73.5 Å². The van der Waals surface area contributed by atoms with E-state index in [1.54, 1.807) is 17.9 Å². The predicted molar refractivity (Wildman–Crippen MR) is 223 cm³/mol. The van der Waals surface area contributed by atoms with Crippen LogP contribution in [0.4, 0.5) is 4.79 Å². The first-order valence-electron chi connectivity index (χ1n) is 21.5. The zero-order chi connectivity index (χ0) is 41.6. The minimum absolute atomic E-state index is 0.0876. The van der Waals surface area contributed by atoms with Crippen LogP contribution in [0.15, 0.2) is 65.9 Å². The summed E-state index contributed by atoms with van der Waals surface area (Å²) < 4.78 is 38.1. The summed E-state index contributed by atoms with van der Waals surface area (Å²) in [6, 6.07) is 11.0. The summed E-state index contributed by atoms with van der Waals surface area (Å²) in [5.41, 5.74) is 2.93. The average Bonchev–Trinajstić information content (AvgIpc) is 3.93. The lowest BCUT2D eigenvalue weighted by molar-refractivity contribution is -0.256. The summed E-state index contributed by atoms with van der Waals surface area (Å²) in [5, 5.41) is 24.8. The number of amides is 1. The van der Waals surface area contributed by atoms with Crippen LogP contribution in [-0.2, 0) is 20.9 Å². The van der Waals surface area contributed by atoms with Gasteiger partial charge in [0.05, 0.1) is 24.8 Å². The number of rotatable bonds is 20. The number of carbonyl (C=O) groups excluding carboxylic acids is 1. The number of aliphatic hydroxyl groups is 2. The molecule has 322 valence electrons. The summed E-state index contributed by atoms with van der Waals surface area (Å²) in [5.74, 6) is 0.842. The van der Waals surface area contributed by atoms with E-state index in [1.165, 1.54) is 0 Å². The van der Waals surface area contributed by atoms with Gasteiger partial charge in [-0.1, -0.05) is 36.2 Å². The number of ether oxygens (including phenoxy) is 6. The third kappa shape index (κ3) is 9.69. The number of hydrogen-bond donors (Lipinski definition) is 2. The quantitative estimate of drug-likeness (QED) is 0.0607. The van der Waals surface area contributed by atoms with Crippen molar-refractivity contribution in [2.24, 2.45) is 22.9 Å². The molecule has 2 aromatic rings. The highest BCUT2D eigenvalue weighted by Crippen LogP contribution is 2.62. The van der Waals surface area contributed by atoms with Gasteiger partial charge in [-0.25, -0.2) is 4.79 Å². The highest BCUT2D eigenvalue weighted by atomic mass is 16.7. The molecule has 3 aliphatic heterocycles. The second kappa shape index (κ2) is 19.0. The van der Waals surface area contributed by atoms with E-state index in [-0.39, 0.29) is 63.9 Å². The Balaban J connectivity index is 1.43. The summed E-state index contributed by atoms with van der Waals surface area (Å²) in [7, 11) is 0. The molecule has 5 aliphatic rings. The Kier molecular flexibility index (Phi) is 13.8. The zero-order valence-electron chi connectivity index (χ0n) is 35.2. The number of allylic oxidation sites excluding steroid dienone is 1. The molecule has 0 spiro atoms. The van der Waals surface area contributed by atoms with Crippen LogP contribution in [0.5, 0.6) is 23.0 Å². The van der Waals surface area contributed by atoms with Crippen molar-refractivity contribution in [2.45, 2.75) is 103 Å². The van der Waals surface area contributed by atoms with Gasteiger partial charge >= 0.3 is 6.09 Å². The molecule has 0 aromatic heterocycles. The molecular formula is C46H63N3O10. The van der Waals surface area contributed by atoms with E-state index in [4.69, 9.17) is 38.4 Å². The van der Waals surface area contributed by atoms with Crippen molar-refractivity contribution in [3.63, 3.8) is 0 Å². The average molecular weight is 818 g/mol. The van der Waals surface area contributed by atoms with Crippen LogP contribution in [0.2, 0.25) is 0 Å².